The van der Waals surface area contributed by atoms with Crippen LogP contribution in [0.2, 0.25) is 0 Å². The van der Waals surface area contributed by atoms with E-state index in [0.717, 1.165) is 57.8 Å². The molecule has 0 aromatic rings. The molecule has 0 heterocycles. The van der Waals surface area contributed by atoms with Crippen molar-refractivity contribution < 1.29 is 15.0 Å². The third-order valence-corrected chi connectivity index (χ3v) is 4.18. The van der Waals surface area contributed by atoms with Crippen molar-refractivity contribution in [3.63, 3.8) is 0 Å². The number of hydrogen-bond acceptors (Lipinski definition) is 3. The molecule has 0 spiro atoms. The van der Waals surface area contributed by atoms with Crippen LogP contribution in [0.25, 0.3) is 0 Å². The fraction of sp³-hybridized carbons (Fsp3) is 0.560. The average Bonchev–Trinajstić information content (AvgIpc) is 2.73. The van der Waals surface area contributed by atoms with Crippen LogP contribution in [0, 0.1) is 0 Å². The molecule has 4 nitrogen and oxygen atoms in total. The van der Waals surface area contributed by atoms with E-state index in [2.05, 4.69) is 73.0 Å². The largest absolute Gasteiger partial charge is 0.394 e. The van der Waals surface area contributed by atoms with Crippen LogP contribution in [0.15, 0.2) is 60.8 Å². The van der Waals surface area contributed by atoms with Gasteiger partial charge in [0, 0.05) is 13.0 Å². The number of rotatable bonds is 18. The van der Waals surface area contributed by atoms with E-state index in [1.807, 2.05) is 0 Å². The molecule has 0 aliphatic carbocycles. The Morgan fingerprint density at radius 3 is 1.83 bits per heavy atom. The van der Waals surface area contributed by atoms with Crippen molar-refractivity contribution >= 4 is 5.91 Å². The molecule has 0 saturated carbocycles. The normalized spacial score (nSPS) is 13.6. The number of aliphatic hydroxyl groups excluding tert-OH is 2. The summed E-state index contributed by atoms with van der Waals surface area (Å²) in [6, 6.07) is 0. The first-order valence-electron chi connectivity index (χ1n) is 11.0. The summed E-state index contributed by atoms with van der Waals surface area (Å²) in [5, 5.41) is 20.4. The van der Waals surface area contributed by atoms with Crippen LogP contribution in [0.3, 0.4) is 0 Å². The van der Waals surface area contributed by atoms with Gasteiger partial charge >= 0.3 is 0 Å². The molecule has 0 saturated heterocycles. The zero-order chi connectivity index (χ0) is 21.4. The Labute approximate surface area is 177 Å². The summed E-state index contributed by atoms with van der Waals surface area (Å²) in [7, 11) is 0. The maximum atomic E-state index is 11.5. The van der Waals surface area contributed by atoms with Crippen molar-refractivity contribution in [1.82, 2.24) is 5.32 Å². The van der Waals surface area contributed by atoms with Gasteiger partial charge in [-0.15, -0.1) is 0 Å². The van der Waals surface area contributed by atoms with Crippen molar-refractivity contribution in [1.29, 1.82) is 0 Å². The van der Waals surface area contributed by atoms with Crippen molar-refractivity contribution in [3.8, 4) is 0 Å². The Hall–Kier alpha value is -1.91. The zero-order valence-corrected chi connectivity index (χ0v) is 18.1. The van der Waals surface area contributed by atoms with Crippen molar-refractivity contribution in [2.75, 3.05) is 13.2 Å². The van der Waals surface area contributed by atoms with Crippen LogP contribution in [0.1, 0.15) is 71.1 Å². The zero-order valence-electron chi connectivity index (χ0n) is 18.1. The topological polar surface area (TPSA) is 69.6 Å². The molecule has 1 atom stereocenters. The second-order valence-corrected chi connectivity index (χ2v) is 6.95. The van der Waals surface area contributed by atoms with Crippen LogP contribution in [-0.2, 0) is 4.79 Å². The summed E-state index contributed by atoms with van der Waals surface area (Å²) in [6.07, 6.45) is 30.7. The van der Waals surface area contributed by atoms with Gasteiger partial charge in [-0.25, -0.2) is 0 Å². The SMILES string of the molecule is CC/C=C\C/C=C\C/C=C\C/C=C\C/C=C\CCCCCC(=O)NCC(O)CO. The molecule has 0 aliphatic heterocycles. The molecular formula is C25H41NO3. The summed E-state index contributed by atoms with van der Waals surface area (Å²) in [6.45, 7) is 1.94. The molecule has 164 valence electrons. The van der Waals surface area contributed by atoms with Gasteiger partial charge in [0.15, 0.2) is 0 Å². The van der Waals surface area contributed by atoms with Gasteiger partial charge < -0.3 is 15.5 Å². The number of aliphatic hydroxyl groups is 2. The monoisotopic (exact) mass is 403 g/mol. The first-order valence-corrected chi connectivity index (χ1v) is 11.0. The van der Waals surface area contributed by atoms with Crippen LogP contribution in [0.5, 0.6) is 0 Å². The second-order valence-electron chi connectivity index (χ2n) is 6.95. The van der Waals surface area contributed by atoms with Gasteiger partial charge in [-0.3, -0.25) is 4.79 Å². The molecule has 4 heteroatoms. The van der Waals surface area contributed by atoms with Crippen LogP contribution in [0.4, 0.5) is 0 Å². The second kappa shape index (κ2) is 22.4. The van der Waals surface area contributed by atoms with Crippen molar-refractivity contribution in [2.24, 2.45) is 0 Å². The number of hydrogen-bond donors (Lipinski definition) is 3. The van der Waals surface area contributed by atoms with Gasteiger partial charge in [-0.1, -0.05) is 74.1 Å². The van der Waals surface area contributed by atoms with Crippen LogP contribution in [-0.4, -0.2) is 35.4 Å². The quantitative estimate of drug-likeness (QED) is 0.219. The van der Waals surface area contributed by atoms with Gasteiger partial charge in [-0.2, -0.15) is 0 Å². The lowest BCUT2D eigenvalue weighted by molar-refractivity contribution is -0.121. The van der Waals surface area contributed by atoms with E-state index in [1.165, 1.54) is 0 Å². The standard InChI is InChI=1S/C25H41NO3/c1-2-3-4-5-6-7-8-9-10-11-12-13-14-15-16-17-18-19-20-21-25(29)26-22-24(28)23-27/h3-4,6-7,9-10,12-13,15-16,24,27-28H,2,5,8,11,14,17-23H2,1H3,(H,26,29)/b4-3-,7-6-,10-9-,13-12-,16-15-. The van der Waals surface area contributed by atoms with E-state index in [9.17, 15) is 4.79 Å². The Morgan fingerprint density at radius 2 is 1.31 bits per heavy atom. The lowest BCUT2D eigenvalue weighted by Gasteiger charge is -2.08. The third-order valence-electron chi connectivity index (χ3n) is 4.18. The highest BCUT2D eigenvalue weighted by molar-refractivity contribution is 5.75. The highest BCUT2D eigenvalue weighted by Crippen LogP contribution is 2.04. The molecule has 0 fully saturated rings. The van der Waals surface area contributed by atoms with Crippen LogP contribution >= 0.6 is 0 Å². The lowest BCUT2D eigenvalue weighted by atomic mass is 10.1. The molecule has 0 bridgehead atoms. The van der Waals surface area contributed by atoms with E-state index in [0.29, 0.717) is 6.42 Å². The summed E-state index contributed by atoms with van der Waals surface area (Å²) in [4.78, 5) is 11.5. The average molecular weight is 404 g/mol. The molecule has 1 unspecified atom stereocenters. The number of carbonyl (C=O) groups is 1. The van der Waals surface area contributed by atoms with Gasteiger partial charge in [0.2, 0.25) is 5.91 Å². The first-order chi connectivity index (χ1) is 14.2. The van der Waals surface area contributed by atoms with Crippen molar-refractivity contribution in [2.45, 2.75) is 77.2 Å². The van der Waals surface area contributed by atoms with Crippen LogP contribution < -0.4 is 5.32 Å². The van der Waals surface area contributed by atoms with Gasteiger partial charge in [0.25, 0.3) is 0 Å². The number of allylic oxidation sites excluding steroid dienone is 10. The van der Waals surface area contributed by atoms with E-state index in [-0.39, 0.29) is 19.1 Å². The number of amides is 1. The van der Waals surface area contributed by atoms with Crippen molar-refractivity contribution in [3.05, 3.63) is 60.8 Å². The Morgan fingerprint density at radius 1 is 0.793 bits per heavy atom. The fourth-order valence-electron chi connectivity index (χ4n) is 2.48. The highest BCUT2D eigenvalue weighted by Gasteiger charge is 2.04. The molecule has 0 aromatic carbocycles. The predicted octanol–water partition coefficient (Wildman–Crippen LogP) is 5.16. The Balaban J connectivity index is 3.47. The Bertz CT molecular complexity index is 518. The summed E-state index contributed by atoms with van der Waals surface area (Å²) in [5.41, 5.74) is 0. The summed E-state index contributed by atoms with van der Waals surface area (Å²) < 4.78 is 0. The summed E-state index contributed by atoms with van der Waals surface area (Å²) in [5.74, 6) is -0.0626. The number of nitrogens with one attached hydrogen (secondary N) is 1. The van der Waals surface area contributed by atoms with Gasteiger partial charge in [0.1, 0.15) is 0 Å². The maximum Gasteiger partial charge on any atom is 0.220 e. The molecular weight excluding hydrogens is 362 g/mol. The molecule has 0 rings (SSSR count). The first kappa shape index (κ1) is 27.1. The number of unbranched alkanes of at least 4 members (excludes halogenated alkanes) is 3. The number of carbonyl (C=O) groups excluding carboxylic acids is 1. The van der Waals surface area contributed by atoms with E-state index in [4.69, 9.17) is 10.2 Å². The predicted molar refractivity (Wildman–Crippen MR) is 124 cm³/mol. The maximum absolute atomic E-state index is 11.5. The van der Waals surface area contributed by atoms with E-state index in [1.54, 1.807) is 0 Å². The third kappa shape index (κ3) is 22.2. The molecule has 0 radical (unpaired) electrons. The molecule has 0 aliphatic rings. The lowest BCUT2D eigenvalue weighted by Crippen LogP contribution is -2.33. The van der Waals surface area contributed by atoms with E-state index >= 15 is 0 Å². The molecule has 3 N–H and O–H groups in total. The Kier molecular flexibility index (Phi) is 20.9. The highest BCUT2D eigenvalue weighted by atomic mass is 16.3. The summed E-state index contributed by atoms with van der Waals surface area (Å²) >= 11 is 0. The minimum atomic E-state index is -0.866. The minimum absolute atomic E-state index is 0.0626. The smallest absolute Gasteiger partial charge is 0.220 e. The van der Waals surface area contributed by atoms with Gasteiger partial charge in [0.05, 0.1) is 12.7 Å². The molecule has 1 amide bonds. The van der Waals surface area contributed by atoms with Gasteiger partial charge in [-0.05, 0) is 51.4 Å². The molecule has 29 heavy (non-hydrogen) atoms. The fourth-order valence-corrected chi connectivity index (χ4v) is 2.48. The molecule has 0 aromatic heterocycles. The van der Waals surface area contributed by atoms with E-state index < -0.39 is 6.10 Å². The minimum Gasteiger partial charge on any atom is -0.394 e.